The molecule has 0 radical (unpaired) electrons. The number of hydrogen-bond acceptors (Lipinski definition) is 3. The van der Waals surface area contributed by atoms with E-state index in [1.54, 1.807) is 0 Å². The number of rotatable bonds is 10. The van der Waals surface area contributed by atoms with Crippen molar-refractivity contribution in [3.05, 3.63) is 0 Å². The van der Waals surface area contributed by atoms with Crippen LogP contribution in [0.2, 0.25) is 0 Å². The second-order valence-electron chi connectivity index (χ2n) is 6.00. The van der Waals surface area contributed by atoms with Gasteiger partial charge in [0.1, 0.15) is 5.78 Å². The van der Waals surface area contributed by atoms with Crippen molar-refractivity contribution in [2.24, 2.45) is 11.8 Å². The van der Waals surface area contributed by atoms with Gasteiger partial charge in [0.25, 0.3) is 0 Å². The van der Waals surface area contributed by atoms with E-state index in [-0.39, 0.29) is 17.8 Å². The molecule has 0 saturated heterocycles. The van der Waals surface area contributed by atoms with Gasteiger partial charge in [-0.2, -0.15) is 0 Å². The highest BCUT2D eigenvalue weighted by Gasteiger charge is 2.35. The SMILES string of the molecule is CCCCCOC(=O)CC1CCC(=O)C1CCCCC. The number of esters is 1. The first-order chi connectivity index (χ1) is 9.69. The molecule has 1 saturated carbocycles. The molecule has 0 amide bonds. The van der Waals surface area contributed by atoms with Crippen molar-refractivity contribution < 1.29 is 14.3 Å². The Labute approximate surface area is 123 Å². The lowest BCUT2D eigenvalue weighted by Gasteiger charge is -2.17. The molecule has 0 aromatic rings. The first kappa shape index (κ1) is 17.2. The van der Waals surface area contributed by atoms with Crippen LogP contribution >= 0.6 is 0 Å². The Morgan fingerprint density at radius 2 is 1.85 bits per heavy atom. The molecular formula is C17H30O3. The fourth-order valence-electron chi connectivity index (χ4n) is 3.04. The van der Waals surface area contributed by atoms with E-state index in [1.165, 1.54) is 12.8 Å². The summed E-state index contributed by atoms with van der Waals surface area (Å²) in [6, 6.07) is 0. The summed E-state index contributed by atoms with van der Waals surface area (Å²) in [5.41, 5.74) is 0. The minimum absolute atomic E-state index is 0.110. The second-order valence-corrected chi connectivity index (χ2v) is 6.00. The minimum Gasteiger partial charge on any atom is -0.466 e. The number of hydrogen-bond donors (Lipinski definition) is 0. The second kappa shape index (κ2) is 9.95. The molecule has 2 atom stereocenters. The maximum Gasteiger partial charge on any atom is 0.306 e. The Hall–Kier alpha value is -0.860. The predicted octanol–water partition coefficient (Wildman–Crippen LogP) is 4.29. The molecule has 1 rings (SSSR count). The number of unbranched alkanes of at least 4 members (excludes halogenated alkanes) is 4. The van der Waals surface area contributed by atoms with Crippen LogP contribution in [0.4, 0.5) is 0 Å². The molecule has 1 aliphatic carbocycles. The Morgan fingerprint density at radius 3 is 2.55 bits per heavy atom. The molecule has 0 aliphatic heterocycles. The molecule has 20 heavy (non-hydrogen) atoms. The number of carbonyl (C=O) groups excluding carboxylic acids is 2. The lowest BCUT2D eigenvalue weighted by molar-refractivity contribution is -0.145. The normalized spacial score (nSPS) is 22.2. The first-order valence-corrected chi connectivity index (χ1v) is 8.37. The maximum absolute atomic E-state index is 11.9. The van der Waals surface area contributed by atoms with E-state index in [1.807, 2.05) is 0 Å². The van der Waals surface area contributed by atoms with Crippen LogP contribution in [0, 0.1) is 11.8 Å². The third-order valence-corrected chi connectivity index (χ3v) is 4.30. The van der Waals surface area contributed by atoms with Gasteiger partial charge >= 0.3 is 5.97 Å². The lowest BCUT2D eigenvalue weighted by Crippen LogP contribution is -2.19. The Morgan fingerprint density at radius 1 is 1.15 bits per heavy atom. The van der Waals surface area contributed by atoms with Crippen molar-refractivity contribution in [3.8, 4) is 0 Å². The topological polar surface area (TPSA) is 43.4 Å². The molecule has 0 aromatic heterocycles. The monoisotopic (exact) mass is 282 g/mol. The van der Waals surface area contributed by atoms with E-state index >= 15 is 0 Å². The molecule has 1 fully saturated rings. The quantitative estimate of drug-likeness (QED) is 0.443. The third-order valence-electron chi connectivity index (χ3n) is 4.30. The highest BCUT2D eigenvalue weighted by atomic mass is 16.5. The van der Waals surface area contributed by atoms with E-state index in [2.05, 4.69) is 13.8 Å². The van der Waals surface area contributed by atoms with Crippen LogP contribution < -0.4 is 0 Å². The van der Waals surface area contributed by atoms with Crippen molar-refractivity contribution in [1.82, 2.24) is 0 Å². The summed E-state index contributed by atoms with van der Waals surface area (Å²) in [4.78, 5) is 23.7. The van der Waals surface area contributed by atoms with Crippen molar-refractivity contribution in [2.75, 3.05) is 6.61 Å². The number of Topliss-reactive ketones (excluding diaryl/α,β-unsaturated/α-hetero) is 1. The van der Waals surface area contributed by atoms with Crippen LogP contribution in [0.1, 0.15) is 78.1 Å². The van der Waals surface area contributed by atoms with Crippen molar-refractivity contribution in [2.45, 2.75) is 78.1 Å². The molecule has 0 heterocycles. The van der Waals surface area contributed by atoms with E-state index in [4.69, 9.17) is 4.74 Å². The average molecular weight is 282 g/mol. The zero-order valence-electron chi connectivity index (χ0n) is 13.2. The van der Waals surface area contributed by atoms with Gasteiger partial charge in [-0.1, -0.05) is 46.0 Å². The maximum atomic E-state index is 11.9. The molecule has 116 valence electrons. The van der Waals surface area contributed by atoms with Gasteiger partial charge in [0.15, 0.2) is 0 Å². The summed E-state index contributed by atoms with van der Waals surface area (Å²) in [5, 5.41) is 0. The smallest absolute Gasteiger partial charge is 0.306 e. The van der Waals surface area contributed by atoms with Crippen LogP contribution in [-0.2, 0) is 14.3 Å². The summed E-state index contributed by atoms with van der Waals surface area (Å²) in [6.07, 6.45) is 9.58. The van der Waals surface area contributed by atoms with Crippen LogP contribution in [0.15, 0.2) is 0 Å². The molecule has 0 spiro atoms. The van der Waals surface area contributed by atoms with Gasteiger partial charge in [0.05, 0.1) is 6.61 Å². The Balaban J connectivity index is 2.29. The molecule has 3 heteroatoms. The molecule has 0 N–H and O–H groups in total. The minimum atomic E-state index is -0.110. The van der Waals surface area contributed by atoms with Crippen LogP contribution in [0.25, 0.3) is 0 Å². The summed E-state index contributed by atoms with van der Waals surface area (Å²) < 4.78 is 5.27. The largest absolute Gasteiger partial charge is 0.466 e. The number of carbonyl (C=O) groups is 2. The number of ether oxygens (including phenoxy) is 1. The van der Waals surface area contributed by atoms with Gasteiger partial charge in [-0.15, -0.1) is 0 Å². The fraction of sp³-hybridized carbons (Fsp3) is 0.882. The van der Waals surface area contributed by atoms with Gasteiger partial charge in [0, 0.05) is 18.8 Å². The fourth-order valence-corrected chi connectivity index (χ4v) is 3.04. The molecule has 0 aromatic carbocycles. The Kier molecular flexibility index (Phi) is 8.56. The number of ketones is 1. The summed E-state index contributed by atoms with van der Waals surface area (Å²) in [5.74, 6) is 0.606. The van der Waals surface area contributed by atoms with Gasteiger partial charge in [-0.3, -0.25) is 9.59 Å². The van der Waals surface area contributed by atoms with Gasteiger partial charge < -0.3 is 4.74 Å². The average Bonchev–Trinajstić information content (AvgIpc) is 2.77. The van der Waals surface area contributed by atoms with Crippen molar-refractivity contribution in [3.63, 3.8) is 0 Å². The summed E-state index contributed by atoms with van der Waals surface area (Å²) in [6.45, 7) is 4.84. The van der Waals surface area contributed by atoms with Crippen LogP contribution in [0.3, 0.4) is 0 Å². The van der Waals surface area contributed by atoms with E-state index in [0.717, 1.165) is 38.5 Å². The molecular weight excluding hydrogens is 252 g/mol. The Bertz CT molecular complexity index is 299. The third kappa shape index (κ3) is 6.06. The first-order valence-electron chi connectivity index (χ1n) is 8.37. The van der Waals surface area contributed by atoms with Crippen molar-refractivity contribution in [1.29, 1.82) is 0 Å². The van der Waals surface area contributed by atoms with Gasteiger partial charge in [-0.25, -0.2) is 0 Å². The van der Waals surface area contributed by atoms with E-state index in [9.17, 15) is 9.59 Å². The van der Waals surface area contributed by atoms with E-state index < -0.39 is 0 Å². The van der Waals surface area contributed by atoms with E-state index in [0.29, 0.717) is 25.2 Å². The highest BCUT2D eigenvalue weighted by Crippen LogP contribution is 2.35. The molecule has 0 bridgehead atoms. The summed E-state index contributed by atoms with van der Waals surface area (Å²) >= 11 is 0. The molecule has 2 unspecified atom stereocenters. The zero-order valence-corrected chi connectivity index (χ0v) is 13.2. The molecule has 3 nitrogen and oxygen atoms in total. The van der Waals surface area contributed by atoms with Crippen LogP contribution in [-0.4, -0.2) is 18.4 Å². The van der Waals surface area contributed by atoms with Crippen molar-refractivity contribution >= 4 is 11.8 Å². The zero-order chi connectivity index (χ0) is 14.8. The van der Waals surface area contributed by atoms with Gasteiger partial charge in [0.2, 0.25) is 0 Å². The summed E-state index contributed by atoms with van der Waals surface area (Å²) in [7, 11) is 0. The highest BCUT2D eigenvalue weighted by molar-refractivity contribution is 5.84. The van der Waals surface area contributed by atoms with Crippen LogP contribution in [0.5, 0.6) is 0 Å². The van der Waals surface area contributed by atoms with Gasteiger partial charge in [-0.05, 0) is 25.2 Å². The molecule has 1 aliphatic rings. The predicted molar refractivity (Wildman–Crippen MR) is 80.5 cm³/mol. The lowest BCUT2D eigenvalue weighted by atomic mass is 9.88. The standard InChI is InChI=1S/C17H30O3/c1-3-5-7-9-15-14(10-11-16(15)18)13-17(19)20-12-8-6-4-2/h14-15H,3-13H2,1-2H3.